The molecule has 116 valence electrons. The quantitative estimate of drug-likeness (QED) is 0.827. The number of ether oxygens (including phenoxy) is 2. The van der Waals surface area contributed by atoms with E-state index in [4.69, 9.17) is 9.47 Å². The van der Waals surface area contributed by atoms with Crippen molar-refractivity contribution in [2.24, 2.45) is 0 Å². The van der Waals surface area contributed by atoms with Crippen LogP contribution in [0.4, 0.5) is 4.79 Å². The van der Waals surface area contributed by atoms with Gasteiger partial charge in [-0.3, -0.25) is 0 Å². The molecule has 0 atom stereocenters. The van der Waals surface area contributed by atoms with Crippen molar-refractivity contribution in [3.63, 3.8) is 0 Å². The standard InChI is InChI=1S/C14H27N3O3/c1-14(2,3)20-13(18)15-12-4-6-16(7-5-12)17-8-10-19-11-9-17/h12H,4-11H2,1-3H3,(H,15,18). The second-order valence-electron chi connectivity index (χ2n) is 6.44. The highest BCUT2D eigenvalue weighted by molar-refractivity contribution is 5.68. The number of hydrazine groups is 1. The highest BCUT2D eigenvalue weighted by atomic mass is 16.6. The molecule has 0 saturated carbocycles. The maximum atomic E-state index is 11.7. The molecule has 0 aliphatic carbocycles. The van der Waals surface area contributed by atoms with E-state index in [-0.39, 0.29) is 12.1 Å². The van der Waals surface area contributed by atoms with Crippen molar-refractivity contribution in [1.29, 1.82) is 0 Å². The van der Waals surface area contributed by atoms with Gasteiger partial charge in [0.2, 0.25) is 0 Å². The number of hydrogen-bond donors (Lipinski definition) is 1. The number of rotatable bonds is 2. The molecule has 2 aliphatic rings. The van der Waals surface area contributed by atoms with Gasteiger partial charge >= 0.3 is 6.09 Å². The first-order valence-electron chi connectivity index (χ1n) is 7.51. The molecule has 0 aromatic heterocycles. The molecule has 2 heterocycles. The van der Waals surface area contributed by atoms with Crippen molar-refractivity contribution in [2.45, 2.75) is 45.3 Å². The Balaban J connectivity index is 1.70. The summed E-state index contributed by atoms with van der Waals surface area (Å²) in [5.74, 6) is 0. The fraction of sp³-hybridized carbons (Fsp3) is 0.929. The fourth-order valence-electron chi connectivity index (χ4n) is 2.60. The van der Waals surface area contributed by atoms with Gasteiger partial charge in [0.25, 0.3) is 0 Å². The van der Waals surface area contributed by atoms with E-state index >= 15 is 0 Å². The number of morpholine rings is 1. The van der Waals surface area contributed by atoms with Gasteiger partial charge in [0, 0.05) is 32.2 Å². The minimum Gasteiger partial charge on any atom is -0.444 e. The van der Waals surface area contributed by atoms with Crippen molar-refractivity contribution in [1.82, 2.24) is 15.3 Å². The summed E-state index contributed by atoms with van der Waals surface area (Å²) < 4.78 is 10.7. The maximum absolute atomic E-state index is 11.7. The second kappa shape index (κ2) is 6.74. The fourth-order valence-corrected chi connectivity index (χ4v) is 2.60. The molecule has 2 rings (SSSR count). The first-order valence-corrected chi connectivity index (χ1v) is 7.51. The van der Waals surface area contributed by atoms with E-state index in [1.807, 2.05) is 20.8 Å². The van der Waals surface area contributed by atoms with E-state index < -0.39 is 5.60 Å². The molecule has 1 N–H and O–H groups in total. The van der Waals surface area contributed by atoms with Crippen LogP contribution in [0.15, 0.2) is 0 Å². The van der Waals surface area contributed by atoms with Crippen molar-refractivity contribution >= 4 is 6.09 Å². The first kappa shape index (κ1) is 15.5. The van der Waals surface area contributed by atoms with Crippen LogP contribution in [0, 0.1) is 0 Å². The zero-order valence-corrected chi connectivity index (χ0v) is 12.9. The summed E-state index contributed by atoms with van der Waals surface area (Å²) in [7, 11) is 0. The highest BCUT2D eigenvalue weighted by Crippen LogP contribution is 2.15. The van der Waals surface area contributed by atoms with E-state index in [2.05, 4.69) is 15.3 Å². The Morgan fingerprint density at radius 1 is 1.10 bits per heavy atom. The monoisotopic (exact) mass is 285 g/mol. The molecule has 0 aromatic carbocycles. The third kappa shape index (κ3) is 4.92. The van der Waals surface area contributed by atoms with E-state index in [1.54, 1.807) is 0 Å². The van der Waals surface area contributed by atoms with Crippen molar-refractivity contribution in [3.05, 3.63) is 0 Å². The summed E-state index contributed by atoms with van der Waals surface area (Å²) in [5, 5.41) is 7.72. The molecule has 20 heavy (non-hydrogen) atoms. The van der Waals surface area contributed by atoms with Crippen LogP contribution in [0.1, 0.15) is 33.6 Å². The number of nitrogens with zero attached hydrogens (tertiary/aromatic N) is 2. The molecular formula is C14H27N3O3. The molecule has 0 aromatic rings. The van der Waals surface area contributed by atoms with Crippen LogP contribution in [-0.4, -0.2) is 67.1 Å². The number of piperidine rings is 1. The summed E-state index contributed by atoms with van der Waals surface area (Å²) in [4.78, 5) is 11.7. The smallest absolute Gasteiger partial charge is 0.407 e. The lowest BCUT2D eigenvalue weighted by molar-refractivity contribution is -0.101. The van der Waals surface area contributed by atoms with Gasteiger partial charge in [-0.1, -0.05) is 0 Å². The Bertz CT molecular complexity index is 316. The zero-order valence-electron chi connectivity index (χ0n) is 12.9. The Labute approximate surface area is 121 Å². The Morgan fingerprint density at radius 3 is 2.20 bits per heavy atom. The predicted octanol–water partition coefficient (Wildman–Crippen LogP) is 1.22. The Hall–Kier alpha value is -0.850. The van der Waals surface area contributed by atoms with Crippen molar-refractivity contribution in [3.8, 4) is 0 Å². The number of carbonyl (C=O) groups is 1. The molecule has 6 heteroatoms. The molecule has 2 aliphatic heterocycles. The molecule has 2 fully saturated rings. The molecular weight excluding hydrogens is 258 g/mol. The summed E-state index contributed by atoms with van der Waals surface area (Å²) in [6, 6.07) is 0.224. The van der Waals surface area contributed by atoms with Crippen LogP contribution < -0.4 is 5.32 Å². The largest absolute Gasteiger partial charge is 0.444 e. The third-order valence-corrected chi connectivity index (χ3v) is 3.58. The van der Waals surface area contributed by atoms with Crippen LogP contribution >= 0.6 is 0 Å². The molecule has 2 saturated heterocycles. The Kier molecular flexibility index (Phi) is 5.23. The summed E-state index contributed by atoms with van der Waals surface area (Å²) >= 11 is 0. The van der Waals surface area contributed by atoms with Crippen LogP contribution in [0.5, 0.6) is 0 Å². The van der Waals surface area contributed by atoms with Gasteiger partial charge in [-0.05, 0) is 33.6 Å². The van der Waals surface area contributed by atoms with E-state index in [1.165, 1.54) is 0 Å². The minimum atomic E-state index is -0.432. The van der Waals surface area contributed by atoms with Crippen LogP contribution in [0.25, 0.3) is 0 Å². The molecule has 6 nitrogen and oxygen atoms in total. The summed E-state index contributed by atoms with van der Waals surface area (Å²) in [6.45, 7) is 11.2. The lowest BCUT2D eigenvalue weighted by Gasteiger charge is -2.41. The molecule has 1 amide bonds. The number of alkyl carbamates (subject to hydrolysis) is 1. The van der Waals surface area contributed by atoms with E-state index in [0.717, 1.165) is 52.2 Å². The second-order valence-corrected chi connectivity index (χ2v) is 6.44. The molecule has 0 spiro atoms. The van der Waals surface area contributed by atoms with E-state index in [0.29, 0.717) is 0 Å². The van der Waals surface area contributed by atoms with Gasteiger partial charge in [0.05, 0.1) is 13.2 Å². The zero-order chi connectivity index (χ0) is 14.6. The first-order chi connectivity index (χ1) is 9.44. The van der Waals surface area contributed by atoms with Crippen LogP contribution in [0.3, 0.4) is 0 Å². The average Bonchev–Trinajstić information content (AvgIpc) is 2.38. The third-order valence-electron chi connectivity index (χ3n) is 3.58. The van der Waals surface area contributed by atoms with Gasteiger partial charge in [-0.2, -0.15) is 0 Å². The number of nitrogens with one attached hydrogen (secondary N) is 1. The van der Waals surface area contributed by atoms with Crippen LogP contribution in [0.2, 0.25) is 0 Å². The average molecular weight is 285 g/mol. The Morgan fingerprint density at radius 2 is 1.65 bits per heavy atom. The topological polar surface area (TPSA) is 54.0 Å². The van der Waals surface area contributed by atoms with E-state index in [9.17, 15) is 4.79 Å². The normalized spacial score (nSPS) is 23.6. The van der Waals surface area contributed by atoms with Gasteiger partial charge in [0.1, 0.15) is 5.60 Å². The predicted molar refractivity (Wildman–Crippen MR) is 76.4 cm³/mol. The number of amides is 1. The lowest BCUT2D eigenvalue weighted by Crippen LogP contribution is -2.54. The van der Waals surface area contributed by atoms with Crippen molar-refractivity contribution in [2.75, 3.05) is 39.4 Å². The number of carbonyl (C=O) groups excluding carboxylic acids is 1. The van der Waals surface area contributed by atoms with Crippen molar-refractivity contribution < 1.29 is 14.3 Å². The van der Waals surface area contributed by atoms with Gasteiger partial charge in [-0.15, -0.1) is 0 Å². The minimum absolute atomic E-state index is 0.224. The van der Waals surface area contributed by atoms with Crippen LogP contribution in [-0.2, 0) is 9.47 Å². The van der Waals surface area contributed by atoms with Gasteiger partial charge in [-0.25, -0.2) is 14.8 Å². The molecule has 0 radical (unpaired) electrons. The SMILES string of the molecule is CC(C)(C)OC(=O)NC1CCN(N2CCOCC2)CC1. The molecule has 0 bridgehead atoms. The molecule has 0 unspecified atom stereocenters. The lowest BCUT2D eigenvalue weighted by atomic mass is 10.1. The maximum Gasteiger partial charge on any atom is 0.407 e. The highest BCUT2D eigenvalue weighted by Gasteiger charge is 2.26. The summed E-state index contributed by atoms with van der Waals surface area (Å²) in [5.41, 5.74) is -0.432. The number of hydrogen-bond acceptors (Lipinski definition) is 5. The summed E-state index contributed by atoms with van der Waals surface area (Å²) in [6.07, 6.45) is 1.63. The van der Waals surface area contributed by atoms with Gasteiger partial charge < -0.3 is 14.8 Å². The van der Waals surface area contributed by atoms with Gasteiger partial charge in [0.15, 0.2) is 0 Å².